The van der Waals surface area contributed by atoms with Crippen molar-refractivity contribution in [3.63, 3.8) is 0 Å². The van der Waals surface area contributed by atoms with Gasteiger partial charge < -0.3 is 10.2 Å². The van der Waals surface area contributed by atoms with Crippen LogP contribution in [-0.2, 0) is 13.2 Å². The summed E-state index contributed by atoms with van der Waals surface area (Å²) in [6, 6.07) is 24.3. The number of aliphatic hydroxyl groups excluding tert-OH is 2. The van der Waals surface area contributed by atoms with E-state index in [0.29, 0.717) is 0 Å². The van der Waals surface area contributed by atoms with Crippen LogP contribution in [-0.4, -0.2) is 10.2 Å². The van der Waals surface area contributed by atoms with E-state index in [2.05, 4.69) is 37.4 Å². The first-order valence-corrected chi connectivity index (χ1v) is 10.0. The number of allylic oxidation sites excluding steroid dienone is 2. The van der Waals surface area contributed by atoms with Crippen molar-refractivity contribution in [2.45, 2.75) is 27.1 Å². The minimum Gasteiger partial charge on any atom is -0.392 e. The van der Waals surface area contributed by atoms with Gasteiger partial charge in [0.15, 0.2) is 0 Å². The van der Waals surface area contributed by atoms with E-state index in [9.17, 15) is 5.11 Å². The fourth-order valence-electron chi connectivity index (χ4n) is 3.70. The molecular weight excluding hydrogens is 368 g/mol. The third kappa shape index (κ3) is 4.51. The largest absolute Gasteiger partial charge is 0.392 e. The first kappa shape index (κ1) is 21.5. The molecule has 0 spiro atoms. The molecule has 0 radical (unpaired) electrons. The zero-order valence-electron chi connectivity index (χ0n) is 17.7. The second-order valence-electron chi connectivity index (χ2n) is 7.56. The van der Waals surface area contributed by atoms with Gasteiger partial charge in [0.1, 0.15) is 0 Å². The maximum atomic E-state index is 9.31. The molecule has 4 aromatic rings. The van der Waals surface area contributed by atoms with E-state index in [1.807, 2.05) is 62.4 Å². The highest BCUT2D eigenvalue weighted by Gasteiger charge is 2.05. The average molecular weight is 397 g/mol. The van der Waals surface area contributed by atoms with Gasteiger partial charge in [-0.05, 0) is 63.7 Å². The molecule has 0 bridgehead atoms. The molecular formula is C28H28O2. The van der Waals surface area contributed by atoms with Crippen LogP contribution in [0.1, 0.15) is 36.1 Å². The number of rotatable bonds is 4. The summed E-state index contributed by atoms with van der Waals surface area (Å²) in [5.41, 5.74) is 6.26. The van der Waals surface area contributed by atoms with E-state index in [1.54, 1.807) is 0 Å². The zero-order valence-corrected chi connectivity index (χ0v) is 17.7. The van der Waals surface area contributed by atoms with Gasteiger partial charge in [-0.1, -0.05) is 91.0 Å². The van der Waals surface area contributed by atoms with E-state index in [-0.39, 0.29) is 13.2 Å². The summed E-state index contributed by atoms with van der Waals surface area (Å²) in [4.78, 5) is 0. The Morgan fingerprint density at radius 2 is 1.30 bits per heavy atom. The molecule has 0 fully saturated rings. The van der Waals surface area contributed by atoms with Gasteiger partial charge in [-0.25, -0.2) is 0 Å². The van der Waals surface area contributed by atoms with Gasteiger partial charge in [0.25, 0.3) is 0 Å². The van der Waals surface area contributed by atoms with Crippen LogP contribution in [0.4, 0.5) is 0 Å². The maximum Gasteiger partial charge on any atom is 0.0688 e. The van der Waals surface area contributed by atoms with Gasteiger partial charge in [0.05, 0.1) is 13.2 Å². The lowest BCUT2D eigenvalue weighted by molar-refractivity contribution is 0.282. The SMILES string of the molecule is C=C(C)c1cccc2ccc(CO)cc12.C=C(C)c1cccc2cccc(CO)c12. The fraction of sp³-hybridized carbons (Fsp3) is 0.143. The Balaban J connectivity index is 0.000000171. The van der Waals surface area contributed by atoms with Crippen LogP contribution in [0.2, 0.25) is 0 Å². The first-order valence-electron chi connectivity index (χ1n) is 10.0. The molecule has 0 saturated carbocycles. The van der Waals surface area contributed by atoms with Crippen LogP contribution < -0.4 is 0 Å². The van der Waals surface area contributed by atoms with Crippen molar-refractivity contribution in [2.75, 3.05) is 0 Å². The summed E-state index contributed by atoms with van der Waals surface area (Å²) in [6.07, 6.45) is 0. The van der Waals surface area contributed by atoms with Gasteiger partial charge in [0, 0.05) is 0 Å². The molecule has 0 amide bonds. The van der Waals surface area contributed by atoms with Crippen molar-refractivity contribution < 1.29 is 10.2 Å². The van der Waals surface area contributed by atoms with Crippen molar-refractivity contribution in [1.29, 1.82) is 0 Å². The van der Waals surface area contributed by atoms with Crippen molar-refractivity contribution >= 4 is 32.7 Å². The maximum absolute atomic E-state index is 9.31. The molecule has 30 heavy (non-hydrogen) atoms. The van der Waals surface area contributed by atoms with Crippen molar-refractivity contribution in [2.24, 2.45) is 0 Å². The van der Waals surface area contributed by atoms with E-state index in [1.165, 1.54) is 5.39 Å². The lowest BCUT2D eigenvalue weighted by Crippen LogP contribution is -1.90. The number of hydrogen-bond acceptors (Lipinski definition) is 2. The van der Waals surface area contributed by atoms with Gasteiger partial charge in [0.2, 0.25) is 0 Å². The van der Waals surface area contributed by atoms with Crippen LogP contribution in [0.3, 0.4) is 0 Å². The number of fused-ring (bicyclic) bond motifs is 2. The fourth-order valence-corrected chi connectivity index (χ4v) is 3.70. The van der Waals surface area contributed by atoms with E-state index >= 15 is 0 Å². The normalized spacial score (nSPS) is 10.5. The van der Waals surface area contributed by atoms with Crippen LogP contribution in [0.5, 0.6) is 0 Å². The Hall–Kier alpha value is -3.20. The van der Waals surface area contributed by atoms with Crippen molar-refractivity contribution in [3.8, 4) is 0 Å². The van der Waals surface area contributed by atoms with E-state index in [4.69, 9.17) is 5.11 Å². The van der Waals surface area contributed by atoms with Crippen LogP contribution in [0.15, 0.2) is 86.0 Å². The number of hydrogen-bond donors (Lipinski definition) is 2. The molecule has 0 saturated heterocycles. The van der Waals surface area contributed by atoms with Gasteiger partial charge in [-0.2, -0.15) is 0 Å². The Morgan fingerprint density at radius 3 is 1.90 bits per heavy atom. The van der Waals surface area contributed by atoms with Gasteiger partial charge >= 0.3 is 0 Å². The predicted molar refractivity (Wildman–Crippen MR) is 129 cm³/mol. The summed E-state index contributed by atoms with van der Waals surface area (Å²) in [6.45, 7) is 12.1. The quantitative estimate of drug-likeness (QED) is 0.401. The minimum absolute atomic E-state index is 0.0711. The third-order valence-electron chi connectivity index (χ3n) is 5.21. The van der Waals surface area contributed by atoms with Crippen LogP contribution >= 0.6 is 0 Å². The summed E-state index contributed by atoms with van der Waals surface area (Å²) >= 11 is 0. The molecule has 0 aromatic heterocycles. The molecule has 4 rings (SSSR count). The molecule has 0 heterocycles. The molecule has 152 valence electrons. The number of aliphatic hydroxyl groups is 2. The highest BCUT2D eigenvalue weighted by Crippen LogP contribution is 2.27. The van der Waals surface area contributed by atoms with Crippen LogP contribution in [0.25, 0.3) is 32.7 Å². The number of benzene rings is 4. The highest BCUT2D eigenvalue weighted by atomic mass is 16.3. The Kier molecular flexibility index (Phi) is 6.83. The van der Waals surface area contributed by atoms with Gasteiger partial charge in [-0.15, -0.1) is 0 Å². The standard InChI is InChI=1S/2C14H14O/c1-10(2)13-8-4-6-11-5-3-7-12(9-15)14(11)13;1-10(2)13-5-3-4-12-7-6-11(9-15)8-14(12)13/h2*3-8,15H,1,9H2,2H3. The molecule has 0 aliphatic heterocycles. The summed E-state index contributed by atoms with van der Waals surface area (Å²) in [7, 11) is 0. The molecule has 0 atom stereocenters. The molecule has 0 aliphatic rings. The lowest BCUT2D eigenvalue weighted by Gasteiger charge is -2.09. The lowest BCUT2D eigenvalue weighted by atomic mass is 9.96. The Bertz CT molecular complexity index is 1210. The van der Waals surface area contributed by atoms with Crippen LogP contribution in [0, 0.1) is 0 Å². The summed E-state index contributed by atoms with van der Waals surface area (Å²) in [5, 5.41) is 23.0. The first-order chi connectivity index (χ1) is 14.5. The highest BCUT2D eigenvalue weighted by molar-refractivity contribution is 5.95. The third-order valence-corrected chi connectivity index (χ3v) is 5.21. The van der Waals surface area contributed by atoms with Crippen molar-refractivity contribution in [3.05, 3.63) is 108 Å². The van der Waals surface area contributed by atoms with E-state index in [0.717, 1.165) is 49.6 Å². The molecule has 4 aromatic carbocycles. The zero-order chi connectivity index (χ0) is 21.7. The van der Waals surface area contributed by atoms with Crippen molar-refractivity contribution in [1.82, 2.24) is 0 Å². The molecule has 2 nitrogen and oxygen atoms in total. The summed E-state index contributed by atoms with van der Waals surface area (Å²) < 4.78 is 0. The molecule has 0 aliphatic carbocycles. The average Bonchev–Trinajstić information content (AvgIpc) is 2.77. The van der Waals surface area contributed by atoms with Gasteiger partial charge in [-0.3, -0.25) is 0 Å². The topological polar surface area (TPSA) is 40.5 Å². The predicted octanol–water partition coefficient (Wildman–Crippen LogP) is 6.73. The second-order valence-corrected chi connectivity index (χ2v) is 7.56. The molecule has 2 N–H and O–H groups in total. The monoisotopic (exact) mass is 396 g/mol. The smallest absolute Gasteiger partial charge is 0.0688 e. The Morgan fingerprint density at radius 1 is 0.700 bits per heavy atom. The summed E-state index contributed by atoms with van der Waals surface area (Å²) in [5.74, 6) is 0. The molecule has 2 heteroatoms. The second kappa shape index (κ2) is 9.53. The Labute approximate surface area is 178 Å². The molecule has 0 unspecified atom stereocenters. The van der Waals surface area contributed by atoms with E-state index < -0.39 is 0 Å². The minimum atomic E-state index is 0.0711.